The van der Waals surface area contributed by atoms with Crippen molar-refractivity contribution in [2.75, 3.05) is 0 Å². The molecule has 0 spiro atoms. The Kier molecular flexibility index (Phi) is 3.87. The van der Waals surface area contributed by atoms with E-state index >= 15 is 0 Å². The van der Waals surface area contributed by atoms with E-state index in [1.807, 2.05) is 13.8 Å². The number of hydrogen-bond donors (Lipinski definition) is 1. The molecule has 7 heteroatoms. The molecule has 2 rings (SSSR count). The number of aromatic amines is 1. The van der Waals surface area contributed by atoms with Gasteiger partial charge in [0.05, 0.1) is 12.3 Å². The van der Waals surface area contributed by atoms with Crippen molar-refractivity contribution in [3.8, 4) is 22.6 Å². The molecular weight excluding hydrogens is 273 g/mol. The Morgan fingerprint density at radius 2 is 2.00 bits per heavy atom. The molecule has 1 N–H and O–H groups in total. The second kappa shape index (κ2) is 5.44. The van der Waals surface area contributed by atoms with E-state index in [1.54, 1.807) is 0 Å². The Morgan fingerprint density at radius 3 is 2.55 bits per heavy atom. The molecule has 0 atom stereocenters. The monoisotopic (exact) mass is 286 g/mol. The van der Waals surface area contributed by atoms with E-state index in [0.29, 0.717) is 11.3 Å². The van der Waals surface area contributed by atoms with Gasteiger partial charge in [0.2, 0.25) is 0 Å². The molecule has 0 saturated heterocycles. The Balaban J connectivity index is 2.41. The van der Waals surface area contributed by atoms with Gasteiger partial charge in [-0.15, -0.1) is 13.2 Å². The smallest absolute Gasteiger partial charge is 0.491 e. The Labute approximate surface area is 113 Å². The number of rotatable bonds is 4. The number of nitrogens with zero attached hydrogens (tertiary/aromatic N) is 1. The summed E-state index contributed by atoms with van der Waals surface area (Å²) in [5, 5.41) is 6.28. The summed E-state index contributed by atoms with van der Waals surface area (Å²) >= 11 is 0. The van der Waals surface area contributed by atoms with Crippen LogP contribution in [0.2, 0.25) is 0 Å². The minimum Gasteiger partial charge on any atom is -0.491 e. The lowest BCUT2D eigenvalue weighted by Gasteiger charge is -2.15. The van der Waals surface area contributed by atoms with Gasteiger partial charge in [-0.25, -0.2) is 0 Å². The van der Waals surface area contributed by atoms with Gasteiger partial charge in [0.15, 0.2) is 0 Å². The second-order valence-electron chi connectivity index (χ2n) is 4.36. The molecule has 0 aliphatic carbocycles. The van der Waals surface area contributed by atoms with E-state index in [1.165, 1.54) is 30.6 Å². The molecule has 0 fully saturated rings. The Bertz CT molecular complexity index is 565. The van der Waals surface area contributed by atoms with Crippen molar-refractivity contribution in [1.82, 2.24) is 10.2 Å². The fourth-order valence-electron chi connectivity index (χ4n) is 1.69. The molecule has 0 unspecified atom stereocenters. The number of aromatic nitrogens is 2. The average Bonchev–Trinajstić information content (AvgIpc) is 2.82. The van der Waals surface area contributed by atoms with Crippen LogP contribution in [0.1, 0.15) is 13.8 Å². The molecule has 1 aromatic carbocycles. The number of nitrogens with one attached hydrogen (secondary N) is 1. The molecule has 0 saturated carbocycles. The molecule has 20 heavy (non-hydrogen) atoms. The summed E-state index contributed by atoms with van der Waals surface area (Å²) in [5.41, 5.74) is 0.743. The predicted octanol–water partition coefficient (Wildman–Crippen LogP) is 3.76. The van der Waals surface area contributed by atoms with Crippen LogP contribution < -0.4 is 9.47 Å². The largest absolute Gasteiger partial charge is 0.573 e. The van der Waals surface area contributed by atoms with E-state index in [9.17, 15) is 13.2 Å². The third-order valence-electron chi connectivity index (χ3n) is 2.36. The van der Waals surface area contributed by atoms with Crippen LogP contribution in [-0.4, -0.2) is 22.7 Å². The molecule has 1 heterocycles. The maximum atomic E-state index is 12.4. The lowest BCUT2D eigenvalue weighted by Crippen LogP contribution is -2.17. The summed E-state index contributed by atoms with van der Waals surface area (Å²) in [6, 6.07) is 4.16. The summed E-state index contributed by atoms with van der Waals surface area (Å²) in [4.78, 5) is 0. The first-order valence-electron chi connectivity index (χ1n) is 5.91. The third-order valence-corrected chi connectivity index (χ3v) is 2.36. The van der Waals surface area contributed by atoms with Crippen molar-refractivity contribution in [2.24, 2.45) is 0 Å². The molecule has 0 amide bonds. The maximum absolute atomic E-state index is 12.4. The lowest BCUT2D eigenvalue weighted by molar-refractivity contribution is -0.274. The summed E-state index contributed by atoms with van der Waals surface area (Å²) in [6.45, 7) is 3.66. The van der Waals surface area contributed by atoms with Crippen LogP contribution >= 0.6 is 0 Å². The van der Waals surface area contributed by atoms with Crippen LogP contribution in [0, 0.1) is 0 Å². The van der Waals surface area contributed by atoms with Crippen molar-refractivity contribution in [1.29, 1.82) is 0 Å². The zero-order valence-electron chi connectivity index (χ0n) is 10.9. The molecule has 1 aromatic heterocycles. The fourth-order valence-corrected chi connectivity index (χ4v) is 1.69. The van der Waals surface area contributed by atoms with Crippen LogP contribution in [0.5, 0.6) is 11.5 Å². The molecule has 2 aromatic rings. The van der Waals surface area contributed by atoms with Gasteiger partial charge < -0.3 is 9.47 Å². The van der Waals surface area contributed by atoms with Crippen molar-refractivity contribution in [2.45, 2.75) is 26.3 Å². The van der Waals surface area contributed by atoms with E-state index in [-0.39, 0.29) is 17.4 Å². The quantitative estimate of drug-likeness (QED) is 0.930. The average molecular weight is 286 g/mol. The first-order chi connectivity index (χ1) is 9.35. The highest BCUT2D eigenvalue weighted by Crippen LogP contribution is 2.36. The van der Waals surface area contributed by atoms with Gasteiger partial charge in [-0.2, -0.15) is 5.10 Å². The Hall–Kier alpha value is -2.18. The summed E-state index contributed by atoms with van der Waals surface area (Å²) < 4.78 is 46.7. The van der Waals surface area contributed by atoms with Crippen LogP contribution in [0.3, 0.4) is 0 Å². The Morgan fingerprint density at radius 1 is 1.25 bits per heavy atom. The summed E-state index contributed by atoms with van der Waals surface area (Å²) in [6.07, 6.45) is -1.93. The number of hydrogen-bond acceptors (Lipinski definition) is 3. The first kappa shape index (κ1) is 14.2. The number of ether oxygens (including phenoxy) is 2. The molecule has 0 aliphatic rings. The van der Waals surface area contributed by atoms with Crippen molar-refractivity contribution >= 4 is 0 Å². The molecule has 4 nitrogen and oxygen atoms in total. The fraction of sp³-hybridized carbons (Fsp3) is 0.308. The van der Waals surface area contributed by atoms with Gasteiger partial charge in [-0.3, -0.25) is 5.10 Å². The van der Waals surface area contributed by atoms with Gasteiger partial charge in [-0.1, -0.05) is 0 Å². The molecule has 108 valence electrons. The minimum atomic E-state index is -4.75. The standard InChI is InChI=1S/C13H13F3N2O2/c1-8(2)19-10-3-4-12(20-13(14,15)16)11(5-10)9-6-17-18-7-9/h3-8H,1-2H3,(H,17,18). The van der Waals surface area contributed by atoms with E-state index in [2.05, 4.69) is 14.9 Å². The maximum Gasteiger partial charge on any atom is 0.573 e. The van der Waals surface area contributed by atoms with Gasteiger partial charge >= 0.3 is 6.36 Å². The third kappa shape index (κ3) is 3.66. The van der Waals surface area contributed by atoms with Crippen molar-refractivity contribution in [3.05, 3.63) is 30.6 Å². The zero-order chi connectivity index (χ0) is 14.8. The van der Waals surface area contributed by atoms with E-state index < -0.39 is 6.36 Å². The lowest BCUT2D eigenvalue weighted by atomic mass is 10.1. The van der Waals surface area contributed by atoms with Gasteiger partial charge in [0, 0.05) is 17.3 Å². The summed E-state index contributed by atoms with van der Waals surface area (Å²) in [5.74, 6) is 0.167. The number of alkyl halides is 3. The molecule has 0 radical (unpaired) electrons. The van der Waals surface area contributed by atoms with Gasteiger partial charge in [-0.05, 0) is 32.0 Å². The highest BCUT2D eigenvalue weighted by molar-refractivity contribution is 5.71. The van der Waals surface area contributed by atoms with E-state index in [4.69, 9.17) is 4.74 Å². The van der Waals surface area contributed by atoms with Gasteiger partial charge in [0.1, 0.15) is 11.5 Å². The number of benzene rings is 1. The molecule has 0 bridgehead atoms. The second-order valence-corrected chi connectivity index (χ2v) is 4.36. The molecule has 0 aliphatic heterocycles. The van der Waals surface area contributed by atoms with Crippen molar-refractivity contribution in [3.63, 3.8) is 0 Å². The van der Waals surface area contributed by atoms with E-state index in [0.717, 1.165) is 0 Å². The number of H-pyrrole nitrogens is 1. The number of halogens is 3. The van der Waals surface area contributed by atoms with Gasteiger partial charge in [0.25, 0.3) is 0 Å². The zero-order valence-corrected chi connectivity index (χ0v) is 10.9. The minimum absolute atomic E-state index is 0.0819. The SMILES string of the molecule is CC(C)Oc1ccc(OC(F)(F)F)c(-c2cn[nH]c2)c1. The van der Waals surface area contributed by atoms with Crippen LogP contribution in [0.25, 0.3) is 11.1 Å². The molecular formula is C13H13F3N2O2. The topological polar surface area (TPSA) is 47.1 Å². The highest BCUT2D eigenvalue weighted by atomic mass is 19.4. The van der Waals surface area contributed by atoms with Crippen LogP contribution in [0.4, 0.5) is 13.2 Å². The normalized spacial score (nSPS) is 11.7. The van der Waals surface area contributed by atoms with Crippen molar-refractivity contribution < 1.29 is 22.6 Å². The summed E-state index contributed by atoms with van der Waals surface area (Å²) in [7, 11) is 0. The highest BCUT2D eigenvalue weighted by Gasteiger charge is 2.32. The predicted molar refractivity (Wildman–Crippen MR) is 66.5 cm³/mol. The van der Waals surface area contributed by atoms with Crippen LogP contribution in [0.15, 0.2) is 30.6 Å². The first-order valence-corrected chi connectivity index (χ1v) is 5.91. The van der Waals surface area contributed by atoms with Crippen LogP contribution in [-0.2, 0) is 0 Å².